The molecule has 0 aliphatic carbocycles. The van der Waals surface area contributed by atoms with Crippen LogP contribution in [0.2, 0.25) is 0 Å². The quantitative estimate of drug-likeness (QED) is 0.278. The molecule has 3 heterocycles. The van der Waals surface area contributed by atoms with Gasteiger partial charge in [0.1, 0.15) is 49.8 Å². The summed E-state index contributed by atoms with van der Waals surface area (Å²) in [4.78, 5) is 0. The molecule has 10 heteroatoms. The van der Waals surface area contributed by atoms with E-state index in [0.717, 1.165) is 0 Å². The van der Waals surface area contributed by atoms with Crippen molar-refractivity contribution < 1.29 is 49.6 Å². The summed E-state index contributed by atoms with van der Waals surface area (Å²) >= 11 is 0. The highest BCUT2D eigenvalue weighted by molar-refractivity contribution is 5.02. The lowest BCUT2D eigenvalue weighted by Gasteiger charge is -2.50. The van der Waals surface area contributed by atoms with Gasteiger partial charge in [-0.2, -0.15) is 0 Å². The first kappa shape index (κ1) is 16.5. The molecule has 2 unspecified atom stereocenters. The van der Waals surface area contributed by atoms with Gasteiger partial charge in [0.05, 0.1) is 13.2 Å². The first-order valence-corrected chi connectivity index (χ1v) is 6.96. The molecule has 3 rings (SSSR count). The van der Waals surface area contributed by atoms with E-state index in [0.29, 0.717) is 0 Å². The minimum Gasteiger partial charge on any atom is -0.394 e. The van der Waals surface area contributed by atoms with Gasteiger partial charge in [0.2, 0.25) is 11.6 Å². The van der Waals surface area contributed by atoms with Crippen molar-refractivity contribution in [2.45, 2.75) is 48.2 Å². The maximum atomic E-state index is 10.0. The van der Waals surface area contributed by atoms with Crippen molar-refractivity contribution in [1.82, 2.24) is 0 Å². The highest BCUT2D eigenvalue weighted by atomic mass is 16.8. The van der Waals surface area contributed by atoms with Crippen molar-refractivity contribution in [2.75, 3.05) is 26.4 Å². The zero-order valence-corrected chi connectivity index (χ0v) is 11.6. The van der Waals surface area contributed by atoms with Crippen LogP contribution in [0.5, 0.6) is 0 Å². The molecule has 2 spiro atoms. The van der Waals surface area contributed by atoms with Crippen LogP contribution >= 0.6 is 0 Å². The molecule has 22 heavy (non-hydrogen) atoms. The van der Waals surface area contributed by atoms with E-state index in [-0.39, 0.29) is 6.61 Å². The van der Waals surface area contributed by atoms with Crippen LogP contribution in [0.1, 0.15) is 0 Å². The van der Waals surface area contributed by atoms with Crippen LogP contribution in [0.25, 0.3) is 0 Å². The molecule has 0 aromatic carbocycles. The molecular formula is C12H20O10. The van der Waals surface area contributed by atoms with Crippen molar-refractivity contribution in [2.24, 2.45) is 0 Å². The second-order valence-electron chi connectivity index (χ2n) is 5.79. The maximum Gasteiger partial charge on any atom is 0.222 e. The van der Waals surface area contributed by atoms with E-state index in [4.69, 9.17) is 24.1 Å². The number of aliphatic hydroxyl groups excluding tert-OH is 6. The van der Waals surface area contributed by atoms with Crippen LogP contribution < -0.4 is 0 Å². The number of ether oxygens (including phenoxy) is 4. The largest absolute Gasteiger partial charge is 0.394 e. The average Bonchev–Trinajstić information content (AvgIpc) is 2.77. The summed E-state index contributed by atoms with van der Waals surface area (Å²) in [5.74, 6) is -3.39. The van der Waals surface area contributed by atoms with Crippen molar-refractivity contribution in [3.05, 3.63) is 0 Å². The molecule has 10 nitrogen and oxygen atoms in total. The van der Waals surface area contributed by atoms with Crippen LogP contribution in [0, 0.1) is 0 Å². The zero-order valence-electron chi connectivity index (χ0n) is 11.6. The Hall–Kier alpha value is -0.400. The second-order valence-corrected chi connectivity index (χ2v) is 5.79. The first-order valence-electron chi connectivity index (χ1n) is 6.96. The summed E-state index contributed by atoms with van der Waals surface area (Å²) < 4.78 is 21.5. The van der Waals surface area contributed by atoms with Crippen LogP contribution in [-0.2, 0) is 18.9 Å². The van der Waals surface area contributed by atoms with E-state index < -0.39 is 68.0 Å². The van der Waals surface area contributed by atoms with E-state index in [1.54, 1.807) is 0 Å². The Morgan fingerprint density at radius 2 is 1.41 bits per heavy atom. The molecule has 3 aliphatic heterocycles. The van der Waals surface area contributed by atoms with Gasteiger partial charge in [0.15, 0.2) is 0 Å². The molecular weight excluding hydrogens is 304 g/mol. The maximum absolute atomic E-state index is 10.0. The van der Waals surface area contributed by atoms with Crippen molar-refractivity contribution in [1.29, 1.82) is 0 Å². The third-order valence-electron chi connectivity index (χ3n) is 4.39. The third kappa shape index (κ3) is 2.27. The fraction of sp³-hybridized carbons (Fsp3) is 1.00. The molecule has 0 radical (unpaired) electrons. The van der Waals surface area contributed by atoms with Crippen LogP contribution in [-0.4, -0.2) is 105 Å². The fourth-order valence-electron chi connectivity index (χ4n) is 2.91. The Bertz CT molecular complexity index is 403. The molecule has 0 saturated carbocycles. The van der Waals surface area contributed by atoms with Crippen LogP contribution in [0.4, 0.5) is 0 Å². The minimum atomic E-state index is -1.70. The van der Waals surface area contributed by atoms with E-state index in [9.17, 15) is 25.5 Å². The second kappa shape index (κ2) is 5.60. The van der Waals surface area contributed by atoms with Gasteiger partial charge in [-0.25, -0.2) is 0 Å². The fourth-order valence-corrected chi connectivity index (χ4v) is 2.91. The van der Waals surface area contributed by atoms with Gasteiger partial charge in [-0.3, -0.25) is 0 Å². The molecule has 3 saturated heterocycles. The highest BCUT2D eigenvalue weighted by Crippen LogP contribution is 2.40. The van der Waals surface area contributed by atoms with E-state index in [1.807, 2.05) is 0 Å². The Morgan fingerprint density at radius 3 is 1.95 bits per heavy atom. The standard InChI is InChI=1S/C12H20O10/c13-1-6-8(16)10(18)12(22-6)4-20-11(3-21-12)9(17)7(15)5(14)2-19-11/h5-10,13-18H,1-4H2/t5-,6-,7-,8-,9+,10+,11?,12?/m1/s1. The van der Waals surface area contributed by atoms with E-state index in [2.05, 4.69) is 0 Å². The Morgan fingerprint density at radius 1 is 0.818 bits per heavy atom. The molecule has 0 aromatic heterocycles. The number of hydrogen-bond acceptors (Lipinski definition) is 10. The number of aliphatic hydroxyl groups is 6. The Labute approximate surface area is 125 Å². The average molecular weight is 324 g/mol. The molecule has 128 valence electrons. The molecule has 8 atom stereocenters. The molecule has 3 aliphatic rings. The molecule has 0 aromatic rings. The summed E-state index contributed by atoms with van der Waals surface area (Å²) in [5, 5.41) is 58.1. The highest BCUT2D eigenvalue weighted by Gasteiger charge is 2.62. The third-order valence-corrected chi connectivity index (χ3v) is 4.39. The molecule has 3 fully saturated rings. The van der Waals surface area contributed by atoms with Gasteiger partial charge in [-0.15, -0.1) is 0 Å². The topological polar surface area (TPSA) is 158 Å². The van der Waals surface area contributed by atoms with Gasteiger partial charge in [-0.05, 0) is 0 Å². The van der Waals surface area contributed by atoms with Crippen molar-refractivity contribution in [3.63, 3.8) is 0 Å². The lowest BCUT2D eigenvalue weighted by molar-refractivity contribution is -0.430. The first-order chi connectivity index (χ1) is 10.4. The lowest BCUT2D eigenvalue weighted by atomic mass is 9.95. The monoisotopic (exact) mass is 324 g/mol. The number of hydrogen-bond donors (Lipinski definition) is 6. The summed E-state index contributed by atoms with van der Waals surface area (Å²) in [6.45, 7) is -1.58. The zero-order chi connectivity index (χ0) is 16.1. The summed E-state index contributed by atoms with van der Waals surface area (Å²) in [5.41, 5.74) is 0. The van der Waals surface area contributed by atoms with Crippen molar-refractivity contribution in [3.8, 4) is 0 Å². The smallest absolute Gasteiger partial charge is 0.222 e. The van der Waals surface area contributed by atoms with Crippen molar-refractivity contribution >= 4 is 0 Å². The predicted octanol–water partition coefficient (Wildman–Crippen LogP) is -4.35. The SMILES string of the molecule is OC[C@H]1OC2(COC3(CO2)OC[C@@H](O)[C@@H](O)[C@@H]3O)[C@@H](O)[C@@H]1O. The van der Waals surface area contributed by atoms with Gasteiger partial charge in [0.25, 0.3) is 0 Å². The van der Waals surface area contributed by atoms with Gasteiger partial charge < -0.3 is 49.6 Å². The number of rotatable bonds is 1. The molecule has 6 N–H and O–H groups in total. The van der Waals surface area contributed by atoms with E-state index in [1.165, 1.54) is 0 Å². The van der Waals surface area contributed by atoms with Gasteiger partial charge >= 0.3 is 0 Å². The van der Waals surface area contributed by atoms with Crippen LogP contribution in [0.3, 0.4) is 0 Å². The summed E-state index contributed by atoms with van der Waals surface area (Å²) in [6.07, 6.45) is -8.14. The van der Waals surface area contributed by atoms with Crippen LogP contribution in [0.15, 0.2) is 0 Å². The summed E-state index contributed by atoms with van der Waals surface area (Å²) in [7, 11) is 0. The van der Waals surface area contributed by atoms with Gasteiger partial charge in [0, 0.05) is 0 Å². The summed E-state index contributed by atoms with van der Waals surface area (Å²) in [6, 6.07) is 0. The lowest BCUT2D eigenvalue weighted by Crippen LogP contribution is -2.69. The normalized spacial score (nSPS) is 55.9. The van der Waals surface area contributed by atoms with E-state index >= 15 is 0 Å². The van der Waals surface area contributed by atoms with Gasteiger partial charge in [-0.1, -0.05) is 0 Å². The Kier molecular flexibility index (Phi) is 4.19. The predicted molar refractivity (Wildman–Crippen MR) is 65.3 cm³/mol. The molecule has 0 bridgehead atoms. The molecule has 0 amide bonds. The minimum absolute atomic E-state index is 0.264. The Balaban J connectivity index is 1.73.